The van der Waals surface area contributed by atoms with Crippen LogP contribution in [0.25, 0.3) is 0 Å². The van der Waals surface area contributed by atoms with Crippen molar-refractivity contribution in [2.75, 3.05) is 5.32 Å². The van der Waals surface area contributed by atoms with E-state index >= 15 is 0 Å². The van der Waals surface area contributed by atoms with Crippen LogP contribution in [-0.2, 0) is 0 Å². The van der Waals surface area contributed by atoms with Crippen molar-refractivity contribution in [1.82, 2.24) is 14.5 Å². The van der Waals surface area contributed by atoms with Gasteiger partial charge in [-0.15, -0.1) is 0 Å². The Hall–Kier alpha value is -2.17. The third-order valence-corrected chi connectivity index (χ3v) is 1.87. The molecule has 1 amide bonds. The molecule has 0 saturated heterocycles. The van der Waals surface area contributed by atoms with Crippen LogP contribution in [0.15, 0.2) is 37.2 Å². The second kappa shape index (κ2) is 3.91. The van der Waals surface area contributed by atoms with Gasteiger partial charge in [-0.1, -0.05) is 0 Å². The van der Waals surface area contributed by atoms with Gasteiger partial charge in [0.25, 0.3) is 0 Å². The van der Waals surface area contributed by atoms with E-state index in [-0.39, 0.29) is 6.03 Å². The molecular formula is C10H10N4O. The van der Waals surface area contributed by atoms with Crippen LogP contribution < -0.4 is 5.32 Å². The average molecular weight is 202 g/mol. The van der Waals surface area contributed by atoms with E-state index in [4.69, 9.17) is 0 Å². The quantitative estimate of drug-likeness (QED) is 0.765. The standard InChI is InChI=1S/C10H10N4O/c1-8-4-9(6-12-5-8)13-10(15)14-3-2-11-7-14/h2-7H,1H3,(H,13,15). The Morgan fingerprint density at radius 2 is 2.27 bits per heavy atom. The highest BCUT2D eigenvalue weighted by atomic mass is 16.2. The van der Waals surface area contributed by atoms with Gasteiger partial charge in [0.1, 0.15) is 6.33 Å². The molecule has 0 fully saturated rings. The number of nitrogens with one attached hydrogen (secondary N) is 1. The molecule has 0 aliphatic rings. The summed E-state index contributed by atoms with van der Waals surface area (Å²) >= 11 is 0. The molecule has 0 radical (unpaired) electrons. The number of carbonyl (C=O) groups excluding carboxylic acids is 1. The Morgan fingerprint density at radius 3 is 2.93 bits per heavy atom. The number of imidazole rings is 1. The second-order valence-corrected chi connectivity index (χ2v) is 3.15. The normalized spacial score (nSPS) is 9.93. The Bertz CT molecular complexity index is 464. The summed E-state index contributed by atoms with van der Waals surface area (Å²) in [7, 11) is 0. The summed E-state index contributed by atoms with van der Waals surface area (Å²) in [4.78, 5) is 19.3. The molecule has 5 heteroatoms. The van der Waals surface area contributed by atoms with Gasteiger partial charge in [0, 0.05) is 18.6 Å². The highest BCUT2D eigenvalue weighted by Crippen LogP contribution is 2.07. The van der Waals surface area contributed by atoms with Gasteiger partial charge in [-0.05, 0) is 18.6 Å². The molecule has 15 heavy (non-hydrogen) atoms. The fourth-order valence-corrected chi connectivity index (χ4v) is 1.19. The molecule has 0 bridgehead atoms. The second-order valence-electron chi connectivity index (χ2n) is 3.15. The molecule has 0 saturated carbocycles. The highest BCUT2D eigenvalue weighted by molar-refractivity contribution is 5.90. The van der Waals surface area contributed by atoms with Crippen molar-refractivity contribution in [1.29, 1.82) is 0 Å². The summed E-state index contributed by atoms with van der Waals surface area (Å²) in [5.41, 5.74) is 1.67. The smallest absolute Gasteiger partial charge is 0.306 e. The van der Waals surface area contributed by atoms with Crippen LogP contribution in [0.4, 0.5) is 10.5 Å². The monoisotopic (exact) mass is 202 g/mol. The molecule has 0 aliphatic carbocycles. The largest absolute Gasteiger partial charge is 0.331 e. The molecule has 1 N–H and O–H groups in total. The summed E-state index contributed by atoms with van der Waals surface area (Å²) in [6, 6.07) is 1.60. The van der Waals surface area contributed by atoms with Crippen molar-refractivity contribution in [2.24, 2.45) is 0 Å². The minimum Gasteiger partial charge on any atom is -0.306 e. The molecule has 0 aromatic carbocycles. The molecule has 2 rings (SSSR count). The summed E-state index contributed by atoms with van der Waals surface area (Å²) in [5, 5.41) is 2.71. The summed E-state index contributed by atoms with van der Waals surface area (Å²) in [6.07, 6.45) is 7.90. The van der Waals surface area contributed by atoms with E-state index in [9.17, 15) is 4.79 Å². The maximum Gasteiger partial charge on any atom is 0.331 e. The maximum atomic E-state index is 11.6. The van der Waals surface area contributed by atoms with Gasteiger partial charge >= 0.3 is 6.03 Å². The first-order chi connectivity index (χ1) is 7.25. The first-order valence-corrected chi connectivity index (χ1v) is 4.46. The number of carbonyl (C=O) groups is 1. The molecule has 5 nitrogen and oxygen atoms in total. The molecule has 0 atom stereocenters. The number of amides is 1. The molecular weight excluding hydrogens is 192 g/mol. The zero-order valence-electron chi connectivity index (χ0n) is 8.21. The zero-order chi connectivity index (χ0) is 10.7. The average Bonchev–Trinajstić information content (AvgIpc) is 2.70. The van der Waals surface area contributed by atoms with Gasteiger partial charge in [0.05, 0.1) is 11.9 Å². The van der Waals surface area contributed by atoms with E-state index in [0.717, 1.165) is 5.56 Å². The molecule has 2 heterocycles. The fraction of sp³-hybridized carbons (Fsp3) is 0.100. The summed E-state index contributed by atoms with van der Waals surface area (Å²) in [5.74, 6) is 0. The lowest BCUT2D eigenvalue weighted by molar-refractivity contribution is 0.253. The predicted molar refractivity (Wildman–Crippen MR) is 55.6 cm³/mol. The number of hydrogen-bond acceptors (Lipinski definition) is 3. The molecule has 0 spiro atoms. The van der Waals surface area contributed by atoms with Gasteiger partial charge in [-0.25, -0.2) is 9.78 Å². The van der Waals surface area contributed by atoms with Crippen molar-refractivity contribution in [3.05, 3.63) is 42.7 Å². The Morgan fingerprint density at radius 1 is 1.40 bits per heavy atom. The SMILES string of the molecule is Cc1cncc(NC(=O)n2ccnc2)c1. The van der Waals surface area contributed by atoms with E-state index < -0.39 is 0 Å². The van der Waals surface area contributed by atoms with Crippen LogP contribution in [0.2, 0.25) is 0 Å². The number of pyridine rings is 1. The Balaban J connectivity index is 2.13. The van der Waals surface area contributed by atoms with Gasteiger partial charge in [-0.3, -0.25) is 9.55 Å². The van der Waals surface area contributed by atoms with Crippen LogP contribution in [0.1, 0.15) is 5.56 Å². The zero-order valence-corrected chi connectivity index (χ0v) is 8.21. The first kappa shape index (κ1) is 9.39. The van der Waals surface area contributed by atoms with Crippen LogP contribution in [-0.4, -0.2) is 20.6 Å². The maximum absolute atomic E-state index is 11.6. The van der Waals surface area contributed by atoms with E-state index in [0.29, 0.717) is 5.69 Å². The summed E-state index contributed by atoms with van der Waals surface area (Å²) < 4.78 is 1.36. The molecule has 76 valence electrons. The van der Waals surface area contributed by atoms with Crippen molar-refractivity contribution in [2.45, 2.75) is 6.92 Å². The van der Waals surface area contributed by atoms with Crippen LogP contribution in [0, 0.1) is 6.92 Å². The third-order valence-electron chi connectivity index (χ3n) is 1.87. The first-order valence-electron chi connectivity index (χ1n) is 4.46. The van der Waals surface area contributed by atoms with Crippen molar-refractivity contribution in [3.8, 4) is 0 Å². The van der Waals surface area contributed by atoms with E-state index in [1.807, 2.05) is 13.0 Å². The van der Waals surface area contributed by atoms with Crippen LogP contribution in [0.3, 0.4) is 0 Å². The molecule has 0 aliphatic heterocycles. The lowest BCUT2D eigenvalue weighted by Crippen LogP contribution is -2.17. The van der Waals surface area contributed by atoms with E-state index in [1.165, 1.54) is 10.9 Å². The van der Waals surface area contributed by atoms with Gasteiger partial charge in [0.2, 0.25) is 0 Å². The molecule has 0 unspecified atom stereocenters. The van der Waals surface area contributed by atoms with Gasteiger partial charge in [-0.2, -0.15) is 0 Å². The number of aryl methyl sites for hydroxylation is 1. The highest BCUT2D eigenvalue weighted by Gasteiger charge is 2.03. The van der Waals surface area contributed by atoms with Gasteiger partial charge < -0.3 is 5.32 Å². The Labute approximate surface area is 86.8 Å². The lowest BCUT2D eigenvalue weighted by atomic mass is 10.3. The van der Waals surface area contributed by atoms with Gasteiger partial charge in [0.15, 0.2) is 0 Å². The number of nitrogens with zero attached hydrogens (tertiary/aromatic N) is 3. The number of aromatic nitrogens is 3. The van der Waals surface area contributed by atoms with Crippen LogP contribution >= 0.6 is 0 Å². The van der Waals surface area contributed by atoms with E-state index in [1.54, 1.807) is 24.8 Å². The third kappa shape index (κ3) is 2.19. The number of rotatable bonds is 1. The van der Waals surface area contributed by atoms with Crippen molar-refractivity contribution in [3.63, 3.8) is 0 Å². The summed E-state index contributed by atoms with van der Waals surface area (Å²) in [6.45, 7) is 1.92. The minimum atomic E-state index is -0.250. The van der Waals surface area contributed by atoms with Crippen LogP contribution in [0.5, 0.6) is 0 Å². The Kier molecular flexibility index (Phi) is 2.45. The minimum absolute atomic E-state index is 0.250. The topological polar surface area (TPSA) is 59.8 Å². The lowest BCUT2D eigenvalue weighted by Gasteiger charge is -2.04. The van der Waals surface area contributed by atoms with Crippen molar-refractivity contribution < 1.29 is 4.79 Å². The predicted octanol–water partition coefficient (Wildman–Crippen LogP) is 1.67. The molecule has 2 aromatic rings. The number of anilines is 1. The molecule has 2 aromatic heterocycles. The number of hydrogen-bond donors (Lipinski definition) is 1. The van der Waals surface area contributed by atoms with Crippen molar-refractivity contribution >= 4 is 11.7 Å². The van der Waals surface area contributed by atoms with E-state index in [2.05, 4.69) is 15.3 Å². The fourth-order valence-electron chi connectivity index (χ4n) is 1.19.